The molecule has 0 aromatic carbocycles. The van der Waals surface area contributed by atoms with E-state index in [1.54, 1.807) is 6.92 Å². The Bertz CT molecular complexity index is 333. The smallest absolute Gasteiger partial charge is 0.407 e. The van der Waals surface area contributed by atoms with Gasteiger partial charge in [0.1, 0.15) is 0 Å². The lowest BCUT2D eigenvalue weighted by Gasteiger charge is -2.30. The molecule has 1 saturated heterocycles. The molecule has 0 aliphatic carbocycles. The summed E-state index contributed by atoms with van der Waals surface area (Å²) in [6, 6.07) is 0.0112. The van der Waals surface area contributed by atoms with Crippen molar-refractivity contribution in [2.75, 3.05) is 26.0 Å². The van der Waals surface area contributed by atoms with Crippen LogP contribution in [0, 0.1) is 0 Å². The number of hydrogen-bond acceptors (Lipinski definition) is 4. The van der Waals surface area contributed by atoms with Gasteiger partial charge in [-0.05, 0) is 19.8 Å². The third-order valence-electron chi connectivity index (χ3n) is 2.52. The van der Waals surface area contributed by atoms with Gasteiger partial charge in [-0.15, -0.1) is 0 Å². The number of ether oxygens (including phenoxy) is 1. The van der Waals surface area contributed by atoms with Crippen molar-refractivity contribution in [3.8, 4) is 0 Å². The van der Waals surface area contributed by atoms with E-state index in [1.807, 2.05) is 0 Å². The van der Waals surface area contributed by atoms with Crippen molar-refractivity contribution in [3.63, 3.8) is 0 Å². The summed E-state index contributed by atoms with van der Waals surface area (Å²) in [5.41, 5.74) is 0. The lowest BCUT2D eigenvalue weighted by atomic mass is 10.1. The molecule has 0 aromatic heterocycles. The van der Waals surface area contributed by atoms with E-state index < -0.39 is 16.1 Å². The van der Waals surface area contributed by atoms with Gasteiger partial charge < -0.3 is 10.1 Å². The number of sulfonamides is 1. The van der Waals surface area contributed by atoms with Crippen LogP contribution in [0.4, 0.5) is 4.79 Å². The van der Waals surface area contributed by atoms with E-state index in [4.69, 9.17) is 4.74 Å². The average Bonchev–Trinajstić information content (AvgIpc) is 2.17. The average molecular weight is 250 g/mol. The quantitative estimate of drug-likeness (QED) is 0.774. The summed E-state index contributed by atoms with van der Waals surface area (Å²) in [6.45, 7) is 2.99. The van der Waals surface area contributed by atoms with Gasteiger partial charge in [0.15, 0.2) is 0 Å². The third kappa shape index (κ3) is 3.97. The summed E-state index contributed by atoms with van der Waals surface area (Å²) in [6.07, 6.45) is 2.03. The topological polar surface area (TPSA) is 75.7 Å². The SMILES string of the molecule is CCOC(=O)NC1CCN(S(C)(=O)=O)CC1. The predicted octanol–water partition coefficient (Wildman–Crippen LogP) is 0.157. The maximum atomic E-state index is 11.2. The zero-order chi connectivity index (χ0) is 12.2. The van der Waals surface area contributed by atoms with Crippen molar-refractivity contribution in [1.82, 2.24) is 9.62 Å². The lowest BCUT2D eigenvalue weighted by molar-refractivity contribution is 0.143. The highest BCUT2D eigenvalue weighted by atomic mass is 32.2. The summed E-state index contributed by atoms with van der Waals surface area (Å²) in [5.74, 6) is 0. The number of nitrogens with zero attached hydrogens (tertiary/aromatic N) is 1. The fourth-order valence-electron chi connectivity index (χ4n) is 1.67. The van der Waals surface area contributed by atoms with Crippen LogP contribution in [0.5, 0.6) is 0 Å². The molecule has 94 valence electrons. The van der Waals surface area contributed by atoms with Crippen molar-refractivity contribution >= 4 is 16.1 Å². The van der Waals surface area contributed by atoms with Crippen LogP contribution >= 0.6 is 0 Å². The first kappa shape index (κ1) is 13.2. The van der Waals surface area contributed by atoms with Gasteiger partial charge in [0, 0.05) is 19.1 Å². The zero-order valence-electron chi connectivity index (χ0n) is 9.60. The molecular formula is C9H18N2O4S. The number of amides is 1. The summed E-state index contributed by atoms with van der Waals surface area (Å²) in [4.78, 5) is 11.1. The minimum atomic E-state index is -3.10. The van der Waals surface area contributed by atoms with E-state index in [1.165, 1.54) is 10.6 Å². The summed E-state index contributed by atoms with van der Waals surface area (Å²) in [5, 5.41) is 2.71. The molecule has 1 aliphatic heterocycles. The number of hydrogen-bond donors (Lipinski definition) is 1. The molecule has 6 nitrogen and oxygen atoms in total. The second-order valence-electron chi connectivity index (χ2n) is 3.80. The molecule has 1 amide bonds. The van der Waals surface area contributed by atoms with E-state index in [0.29, 0.717) is 32.5 Å². The van der Waals surface area contributed by atoms with Crippen molar-refractivity contribution in [1.29, 1.82) is 0 Å². The van der Waals surface area contributed by atoms with Crippen LogP contribution in [0.3, 0.4) is 0 Å². The number of carbonyl (C=O) groups excluding carboxylic acids is 1. The van der Waals surface area contributed by atoms with Gasteiger partial charge >= 0.3 is 6.09 Å². The van der Waals surface area contributed by atoms with Gasteiger partial charge in [-0.3, -0.25) is 0 Å². The second kappa shape index (κ2) is 5.49. The Balaban J connectivity index is 2.35. The van der Waals surface area contributed by atoms with Crippen LogP contribution in [0.25, 0.3) is 0 Å². The number of alkyl carbamates (subject to hydrolysis) is 1. The van der Waals surface area contributed by atoms with Crippen LogP contribution in [-0.4, -0.2) is 50.8 Å². The summed E-state index contributed by atoms with van der Waals surface area (Å²) >= 11 is 0. The normalized spacial score (nSPS) is 19.4. The van der Waals surface area contributed by atoms with Crippen LogP contribution < -0.4 is 5.32 Å². The van der Waals surface area contributed by atoms with E-state index in [-0.39, 0.29) is 6.04 Å². The van der Waals surface area contributed by atoms with E-state index in [2.05, 4.69) is 5.32 Å². The van der Waals surface area contributed by atoms with Crippen molar-refractivity contribution < 1.29 is 17.9 Å². The van der Waals surface area contributed by atoms with Crippen LogP contribution in [0.1, 0.15) is 19.8 Å². The van der Waals surface area contributed by atoms with E-state index in [0.717, 1.165) is 0 Å². The number of piperidine rings is 1. The number of carbonyl (C=O) groups is 1. The number of rotatable bonds is 3. The highest BCUT2D eigenvalue weighted by Crippen LogP contribution is 2.13. The molecule has 1 heterocycles. The lowest BCUT2D eigenvalue weighted by Crippen LogP contribution is -2.46. The van der Waals surface area contributed by atoms with Crippen molar-refractivity contribution in [2.24, 2.45) is 0 Å². The van der Waals surface area contributed by atoms with E-state index >= 15 is 0 Å². The molecule has 0 saturated carbocycles. The second-order valence-corrected chi connectivity index (χ2v) is 5.78. The Hall–Kier alpha value is -0.820. The first-order valence-electron chi connectivity index (χ1n) is 5.32. The number of nitrogens with one attached hydrogen (secondary N) is 1. The Morgan fingerprint density at radius 2 is 2.00 bits per heavy atom. The molecule has 16 heavy (non-hydrogen) atoms. The van der Waals surface area contributed by atoms with Crippen LogP contribution in [-0.2, 0) is 14.8 Å². The van der Waals surface area contributed by atoms with Crippen LogP contribution in [0.2, 0.25) is 0 Å². The largest absolute Gasteiger partial charge is 0.450 e. The van der Waals surface area contributed by atoms with Crippen LogP contribution in [0.15, 0.2) is 0 Å². The van der Waals surface area contributed by atoms with Gasteiger partial charge in [0.05, 0.1) is 12.9 Å². The summed E-state index contributed by atoms with van der Waals surface area (Å²) < 4.78 is 28.6. The Morgan fingerprint density at radius 1 is 1.44 bits per heavy atom. The standard InChI is InChI=1S/C9H18N2O4S/c1-3-15-9(12)10-8-4-6-11(7-5-8)16(2,13)14/h8H,3-7H2,1-2H3,(H,10,12). The molecule has 1 fully saturated rings. The van der Waals surface area contributed by atoms with Gasteiger partial charge in [0.25, 0.3) is 0 Å². The van der Waals surface area contributed by atoms with Gasteiger partial charge in [-0.1, -0.05) is 0 Å². The van der Waals surface area contributed by atoms with Gasteiger partial charge in [0.2, 0.25) is 10.0 Å². The maximum absolute atomic E-state index is 11.2. The molecule has 7 heteroatoms. The Morgan fingerprint density at radius 3 is 2.44 bits per heavy atom. The Labute approximate surface area is 96.0 Å². The molecule has 0 atom stereocenters. The molecule has 1 rings (SSSR count). The van der Waals surface area contributed by atoms with Gasteiger partial charge in [-0.25, -0.2) is 17.5 Å². The molecule has 0 aromatic rings. The minimum Gasteiger partial charge on any atom is -0.450 e. The first-order valence-corrected chi connectivity index (χ1v) is 7.16. The molecule has 1 N–H and O–H groups in total. The molecular weight excluding hydrogens is 232 g/mol. The summed E-state index contributed by atoms with van der Waals surface area (Å²) in [7, 11) is -3.10. The van der Waals surface area contributed by atoms with Crippen molar-refractivity contribution in [2.45, 2.75) is 25.8 Å². The zero-order valence-corrected chi connectivity index (χ0v) is 10.4. The molecule has 0 bridgehead atoms. The van der Waals surface area contributed by atoms with Crippen molar-refractivity contribution in [3.05, 3.63) is 0 Å². The van der Waals surface area contributed by atoms with Gasteiger partial charge in [-0.2, -0.15) is 0 Å². The first-order chi connectivity index (χ1) is 7.43. The maximum Gasteiger partial charge on any atom is 0.407 e. The highest BCUT2D eigenvalue weighted by molar-refractivity contribution is 7.88. The van der Waals surface area contributed by atoms with E-state index in [9.17, 15) is 13.2 Å². The molecule has 0 unspecified atom stereocenters. The fraction of sp³-hybridized carbons (Fsp3) is 0.889. The monoisotopic (exact) mass is 250 g/mol. The molecule has 1 aliphatic rings. The molecule has 0 spiro atoms. The fourth-order valence-corrected chi connectivity index (χ4v) is 2.55. The molecule has 0 radical (unpaired) electrons. The Kier molecular flexibility index (Phi) is 4.55. The third-order valence-corrected chi connectivity index (χ3v) is 3.82. The predicted molar refractivity (Wildman–Crippen MR) is 59.6 cm³/mol. The highest BCUT2D eigenvalue weighted by Gasteiger charge is 2.25. The minimum absolute atomic E-state index is 0.0112.